The van der Waals surface area contributed by atoms with Gasteiger partial charge in [-0.25, -0.2) is 5.48 Å². The Morgan fingerprint density at radius 2 is 1.75 bits per heavy atom. The highest BCUT2D eigenvalue weighted by atomic mass is 16.6. The zero-order valence-corrected chi connectivity index (χ0v) is 13.8. The minimum absolute atomic E-state index is 0.0579. The lowest BCUT2D eigenvalue weighted by Gasteiger charge is -2.18. The van der Waals surface area contributed by atoms with Gasteiger partial charge in [0.05, 0.1) is 19.8 Å². The number of amides is 1. The van der Waals surface area contributed by atoms with Gasteiger partial charge in [0.25, 0.3) is 5.91 Å². The normalized spacial score (nSPS) is 14.5. The number of hydrogen-bond acceptors (Lipinski definition) is 5. The molecule has 1 aliphatic rings. The van der Waals surface area contributed by atoms with Crippen molar-refractivity contribution in [1.82, 2.24) is 5.48 Å². The van der Waals surface area contributed by atoms with Crippen LogP contribution in [0.1, 0.15) is 40.5 Å². The van der Waals surface area contributed by atoms with E-state index in [-0.39, 0.29) is 22.9 Å². The van der Waals surface area contributed by atoms with Crippen molar-refractivity contribution in [2.45, 2.75) is 19.8 Å². The number of fused-ring (bicyclic) bond motifs is 1. The first-order chi connectivity index (χ1) is 11.5. The van der Waals surface area contributed by atoms with E-state index in [1.165, 1.54) is 20.3 Å². The molecule has 1 aliphatic carbocycles. The minimum Gasteiger partial charge on any atom is -0.492 e. The number of allylic oxidation sites excluding steroid dienone is 3. The summed E-state index contributed by atoms with van der Waals surface area (Å²) in [4.78, 5) is 42.0. The molecule has 0 heterocycles. The molecule has 0 aromatic heterocycles. The Morgan fingerprint density at radius 1 is 1.12 bits per heavy atom. The Labute approximate surface area is 140 Å². The number of rotatable bonds is 6. The minimum atomic E-state index is -0.457. The molecular weight excluding hydrogens is 310 g/mol. The SMILES string of the molecule is CCC/C(=C/C1=C(OC)C(=O)c2ccccc2C1=O)C(=O)NOC. The Hall–Kier alpha value is -2.73. The van der Waals surface area contributed by atoms with Gasteiger partial charge in [0, 0.05) is 16.7 Å². The molecule has 0 fully saturated rings. The van der Waals surface area contributed by atoms with Crippen LogP contribution in [-0.2, 0) is 14.4 Å². The van der Waals surface area contributed by atoms with Gasteiger partial charge < -0.3 is 4.74 Å². The number of Topliss-reactive ketones (excluding diaryl/α,β-unsaturated/α-hetero) is 2. The second kappa shape index (κ2) is 7.70. The highest BCUT2D eigenvalue weighted by Crippen LogP contribution is 2.28. The molecular formula is C18H19NO5. The van der Waals surface area contributed by atoms with Crippen molar-refractivity contribution in [1.29, 1.82) is 0 Å². The topological polar surface area (TPSA) is 81.7 Å². The fourth-order valence-corrected chi connectivity index (χ4v) is 2.56. The third-order valence-corrected chi connectivity index (χ3v) is 3.64. The van der Waals surface area contributed by atoms with E-state index in [0.29, 0.717) is 29.5 Å². The third kappa shape index (κ3) is 3.28. The molecule has 126 valence electrons. The number of ether oxygens (including phenoxy) is 1. The van der Waals surface area contributed by atoms with E-state index in [9.17, 15) is 14.4 Å². The van der Waals surface area contributed by atoms with Crippen LogP contribution in [0.5, 0.6) is 0 Å². The van der Waals surface area contributed by atoms with Crippen molar-refractivity contribution in [3.8, 4) is 0 Å². The zero-order valence-electron chi connectivity index (χ0n) is 13.8. The summed E-state index contributed by atoms with van der Waals surface area (Å²) in [7, 11) is 2.66. The summed E-state index contributed by atoms with van der Waals surface area (Å²) in [5, 5.41) is 0. The van der Waals surface area contributed by atoms with E-state index < -0.39 is 5.91 Å². The Balaban J connectivity index is 2.57. The predicted octanol–water partition coefficient (Wildman–Crippen LogP) is 2.37. The highest BCUT2D eigenvalue weighted by Gasteiger charge is 2.32. The van der Waals surface area contributed by atoms with E-state index >= 15 is 0 Å². The van der Waals surface area contributed by atoms with E-state index in [1.807, 2.05) is 6.92 Å². The van der Waals surface area contributed by atoms with Gasteiger partial charge in [-0.3, -0.25) is 19.2 Å². The quantitative estimate of drug-likeness (QED) is 0.640. The average Bonchev–Trinajstić information content (AvgIpc) is 2.59. The first-order valence-corrected chi connectivity index (χ1v) is 7.55. The summed E-state index contributed by atoms with van der Waals surface area (Å²) in [5.74, 6) is -1.23. The molecule has 6 nitrogen and oxygen atoms in total. The smallest absolute Gasteiger partial charge is 0.270 e. The number of carbonyl (C=O) groups excluding carboxylic acids is 3. The number of methoxy groups -OCH3 is 1. The number of nitrogens with one attached hydrogen (secondary N) is 1. The first kappa shape index (κ1) is 17.6. The molecule has 2 rings (SSSR count). The number of hydrogen-bond donors (Lipinski definition) is 1. The van der Waals surface area contributed by atoms with Crippen molar-refractivity contribution in [2.75, 3.05) is 14.2 Å². The van der Waals surface area contributed by atoms with Crippen molar-refractivity contribution in [2.24, 2.45) is 0 Å². The van der Waals surface area contributed by atoms with Gasteiger partial charge in [0.1, 0.15) is 0 Å². The summed E-state index contributed by atoms with van der Waals surface area (Å²) >= 11 is 0. The molecule has 1 aromatic rings. The maximum atomic E-state index is 12.8. The predicted molar refractivity (Wildman–Crippen MR) is 87.3 cm³/mol. The van der Waals surface area contributed by atoms with Gasteiger partial charge in [-0.2, -0.15) is 0 Å². The van der Waals surface area contributed by atoms with Crippen LogP contribution >= 0.6 is 0 Å². The second-order valence-corrected chi connectivity index (χ2v) is 5.21. The van der Waals surface area contributed by atoms with E-state index in [4.69, 9.17) is 4.74 Å². The van der Waals surface area contributed by atoms with Crippen LogP contribution < -0.4 is 5.48 Å². The lowest BCUT2D eigenvalue weighted by atomic mass is 9.87. The van der Waals surface area contributed by atoms with Gasteiger partial charge in [0.2, 0.25) is 5.78 Å². The zero-order chi connectivity index (χ0) is 17.7. The molecule has 1 amide bonds. The van der Waals surface area contributed by atoms with Crippen molar-refractivity contribution >= 4 is 17.5 Å². The molecule has 0 spiro atoms. The van der Waals surface area contributed by atoms with Crippen LogP contribution in [0.15, 0.2) is 47.2 Å². The van der Waals surface area contributed by atoms with Gasteiger partial charge in [-0.15, -0.1) is 0 Å². The molecule has 0 saturated carbocycles. The van der Waals surface area contributed by atoms with Crippen LogP contribution in [0.4, 0.5) is 0 Å². The van der Waals surface area contributed by atoms with E-state index in [2.05, 4.69) is 10.3 Å². The van der Waals surface area contributed by atoms with Gasteiger partial charge in [-0.1, -0.05) is 37.6 Å². The van der Waals surface area contributed by atoms with Crippen LogP contribution in [0.3, 0.4) is 0 Å². The van der Waals surface area contributed by atoms with Crippen LogP contribution in [-0.4, -0.2) is 31.7 Å². The van der Waals surface area contributed by atoms with Gasteiger partial charge in [0.15, 0.2) is 11.5 Å². The lowest BCUT2D eigenvalue weighted by Crippen LogP contribution is -2.26. The fourth-order valence-electron chi connectivity index (χ4n) is 2.56. The molecule has 0 atom stereocenters. The number of hydroxylamine groups is 1. The molecule has 0 aliphatic heterocycles. The van der Waals surface area contributed by atoms with Crippen LogP contribution in [0, 0.1) is 0 Å². The number of benzene rings is 1. The molecule has 0 unspecified atom stereocenters. The standard InChI is InChI=1S/C18H19NO5/c1-4-7-11(18(22)19-24-3)10-14-15(20)12-8-5-6-9-13(12)16(21)17(14)23-2/h5-6,8-10H,4,7H2,1-3H3,(H,19,22)/b11-10-. The molecule has 6 heteroatoms. The molecule has 0 radical (unpaired) electrons. The number of carbonyl (C=O) groups is 3. The van der Waals surface area contributed by atoms with Crippen LogP contribution in [0.2, 0.25) is 0 Å². The first-order valence-electron chi connectivity index (χ1n) is 7.55. The summed E-state index contributed by atoms with van der Waals surface area (Å²) in [6.07, 6.45) is 2.53. The number of ketones is 2. The lowest BCUT2D eigenvalue weighted by molar-refractivity contribution is -0.127. The molecule has 24 heavy (non-hydrogen) atoms. The Bertz CT molecular complexity index is 746. The molecule has 1 aromatic carbocycles. The average molecular weight is 329 g/mol. The largest absolute Gasteiger partial charge is 0.492 e. The van der Waals surface area contributed by atoms with Crippen LogP contribution in [0.25, 0.3) is 0 Å². The molecule has 1 N–H and O–H groups in total. The van der Waals surface area contributed by atoms with E-state index in [1.54, 1.807) is 24.3 Å². The fraction of sp³-hybridized carbons (Fsp3) is 0.278. The summed E-state index contributed by atoms with van der Waals surface area (Å²) in [6.45, 7) is 1.91. The Morgan fingerprint density at radius 3 is 2.29 bits per heavy atom. The van der Waals surface area contributed by atoms with Crippen molar-refractivity contribution in [3.63, 3.8) is 0 Å². The maximum Gasteiger partial charge on any atom is 0.270 e. The molecule has 0 bridgehead atoms. The second-order valence-electron chi connectivity index (χ2n) is 5.21. The van der Waals surface area contributed by atoms with Crippen molar-refractivity contribution in [3.05, 3.63) is 58.4 Å². The summed E-state index contributed by atoms with van der Waals surface area (Å²) in [5.41, 5.74) is 3.25. The monoisotopic (exact) mass is 329 g/mol. The summed E-state index contributed by atoms with van der Waals surface area (Å²) in [6, 6.07) is 6.55. The van der Waals surface area contributed by atoms with Crippen molar-refractivity contribution < 1.29 is 24.0 Å². The summed E-state index contributed by atoms with van der Waals surface area (Å²) < 4.78 is 5.16. The van der Waals surface area contributed by atoms with Gasteiger partial charge in [-0.05, 0) is 12.5 Å². The molecule has 0 saturated heterocycles. The maximum absolute atomic E-state index is 12.8. The van der Waals surface area contributed by atoms with Gasteiger partial charge >= 0.3 is 0 Å². The van der Waals surface area contributed by atoms with E-state index in [0.717, 1.165) is 0 Å². The highest BCUT2D eigenvalue weighted by molar-refractivity contribution is 6.27. The third-order valence-electron chi connectivity index (χ3n) is 3.64. The Kier molecular flexibility index (Phi) is 5.65.